The van der Waals surface area contributed by atoms with Crippen LogP contribution < -0.4 is 78.4 Å². The molecule has 0 aliphatic heterocycles. The maximum Gasteiger partial charge on any atom is 0.405 e. The molecule has 542 valence electrons. The van der Waals surface area contributed by atoms with Gasteiger partial charge in [-0.3, -0.25) is 4.79 Å². The van der Waals surface area contributed by atoms with Gasteiger partial charge in [-0.25, -0.2) is 4.79 Å². The molecule has 108 heavy (non-hydrogen) atoms. The number of ether oxygens (including phenoxy) is 2. The number of hydrogen-bond donors (Lipinski definition) is 2. The first-order valence-corrected chi connectivity index (χ1v) is 40.7. The van der Waals surface area contributed by atoms with Crippen LogP contribution in [0.3, 0.4) is 0 Å². The molecule has 2 amide bonds. The smallest absolute Gasteiger partial charge is 0.405 e. The summed E-state index contributed by atoms with van der Waals surface area (Å²) in [5.74, 6) is 0.815. The monoisotopic (exact) mass is 1580 g/mol. The fraction of sp³-hybridized carbons (Fsp3) is 0.0625. The Morgan fingerprint density at radius 2 is 0.602 bits per heavy atom. The van der Waals surface area contributed by atoms with Gasteiger partial charge in [0.1, 0.15) is 17.5 Å². The standard InChI is InChI=1S/C24H28N2O5.4C18H15P.Pd/c1-5-9-21(25-24(28)29)23(27)26(15-17(2)18-10-7-6-8-11-18)16-19-12-13-20(30-3)14-22(19)31-4;4*1-4-10-16(11-5-1)19(17-12-6-2-7-13-17)18-14-8-3-9-15-18;/h5-8,10-14,21,25H,1-2,9,15-16H2,3-4H3,(H,28,29);4*1-15H;. The first-order chi connectivity index (χ1) is 52.7. The molecule has 14 aromatic rings. The van der Waals surface area contributed by atoms with E-state index in [1.165, 1.54) is 69.7 Å². The van der Waals surface area contributed by atoms with Gasteiger partial charge < -0.3 is 24.8 Å². The summed E-state index contributed by atoms with van der Waals surface area (Å²) in [4.78, 5) is 26.1. The van der Waals surface area contributed by atoms with E-state index >= 15 is 0 Å². The summed E-state index contributed by atoms with van der Waals surface area (Å²) in [5, 5.41) is 28.2. The minimum Gasteiger partial charge on any atom is -0.497 e. The number of hydrogen-bond acceptors (Lipinski definition) is 4. The van der Waals surface area contributed by atoms with Crippen molar-refractivity contribution in [3.8, 4) is 11.5 Å². The van der Waals surface area contributed by atoms with Crippen LogP contribution in [0.1, 0.15) is 17.5 Å². The van der Waals surface area contributed by atoms with E-state index < -0.39 is 43.8 Å². The SMILES string of the molecule is C=CCC(NC(=O)O)C(=O)N(CC(=C)c1ccccc1)Cc1ccc(OC)cc1OC.[Pd].c1ccc(P(c2ccccc2)c2ccccc2)cc1.c1ccc(P(c2ccccc2)c2ccccc2)cc1.c1ccc(P(c2ccccc2)c2ccccc2)cc1.c1ccc(P(c2ccccc2)c2ccccc2)cc1. The summed E-state index contributed by atoms with van der Waals surface area (Å²) < 4.78 is 10.7. The van der Waals surface area contributed by atoms with Crippen LogP contribution in [0.25, 0.3) is 5.57 Å². The molecule has 7 nitrogen and oxygen atoms in total. The van der Waals surface area contributed by atoms with Crippen molar-refractivity contribution in [1.29, 1.82) is 0 Å². The number of methoxy groups -OCH3 is 2. The molecule has 2 N–H and O–H groups in total. The number of rotatable bonds is 23. The predicted octanol–water partition coefficient (Wildman–Crippen LogP) is 17.7. The van der Waals surface area contributed by atoms with E-state index in [1.54, 1.807) is 31.3 Å². The first kappa shape index (κ1) is 81.4. The summed E-state index contributed by atoms with van der Waals surface area (Å²) in [5.41, 5.74) is 2.38. The first-order valence-electron chi connectivity index (χ1n) is 35.3. The molecule has 0 heterocycles. The van der Waals surface area contributed by atoms with Crippen LogP contribution in [0.15, 0.2) is 432 Å². The number of carboxylic acid groups (broad SMARTS) is 1. The second-order valence-electron chi connectivity index (χ2n) is 24.2. The van der Waals surface area contributed by atoms with Crippen molar-refractivity contribution in [2.24, 2.45) is 0 Å². The van der Waals surface area contributed by atoms with Gasteiger partial charge in [0.15, 0.2) is 0 Å². The Kier molecular flexibility index (Phi) is 33.9. The maximum atomic E-state index is 13.3. The summed E-state index contributed by atoms with van der Waals surface area (Å²) >= 11 is 0. The van der Waals surface area contributed by atoms with Gasteiger partial charge >= 0.3 is 6.09 Å². The number of carbonyl (C=O) groups excluding carboxylic acids is 1. The minimum atomic E-state index is -1.27. The Morgan fingerprint density at radius 1 is 0.370 bits per heavy atom. The molecule has 0 fully saturated rings. The van der Waals surface area contributed by atoms with Crippen molar-refractivity contribution in [3.05, 3.63) is 443 Å². The minimum absolute atomic E-state index is 0. The molecule has 0 radical (unpaired) electrons. The van der Waals surface area contributed by atoms with Crippen molar-refractivity contribution >= 4 is 113 Å². The van der Waals surface area contributed by atoms with Crippen molar-refractivity contribution < 1.29 is 44.6 Å². The molecule has 14 rings (SSSR count). The topological polar surface area (TPSA) is 88.1 Å². The van der Waals surface area contributed by atoms with Crippen molar-refractivity contribution in [2.75, 3.05) is 20.8 Å². The van der Waals surface area contributed by atoms with Gasteiger partial charge in [-0.05, 0) is 125 Å². The Labute approximate surface area is 657 Å². The van der Waals surface area contributed by atoms with Crippen LogP contribution in [0, 0.1) is 0 Å². The summed E-state index contributed by atoms with van der Waals surface area (Å²) in [6, 6.07) is 143. The number of nitrogens with one attached hydrogen (secondary N) is 1. The average Bonchev–Trinajstić information content (AvgIpc) is 0.822. The zero-order valence-corrected chi connectivity index (χ0v) is 65.7. The van der Waals surface area contributed by atoms with Gasteiger partial charge in [-0.2, -0.15) is 0 Å². The third-order valence-electron chi connectivity index (χ3n) is 16.9. The molecule has 0 aromatic heterocycles. The molecule has 0 bridgehead atoms. The fourth-order valence-electron chi connectivity index (χ4n) is 11.9. The van der Waals surface area contributed by atoms with Gasteiger partial charge in [0.05, 0.1) is 14.2 Å². The van der Waals surface area contributed by atoms with Crippen LogP contribution in [-0.2, 0) is 31.8 Å². The van der Waals surface area contributed by atoms with Crippen LogP contribution in [-0.4, -0.2) is 48.8 Å². The van der Waals surface area contributed by atoms with Crippen molar-refractivity contribution in [2.45, 2.75) is 19.0 Å². The van der Waals surface area contributed by atoms with Crippen LogP contribution in [0.2, 0.25) is 0 Å². The molecule has 0 saturated carbocycles. The normalized spacial score (nSPS) is 10.6. The summed E-state index contributed by atoms with van der Waals surface area (Å²) in [7, 11) is 1.32. The predicted molar refractivity (Wildman–Crippen MR) is 461 cm³/mol. The molecule has 0 aliphatic carbocycles. The molecule has 1 atom stereocenters. The van der Waals surface area contributed by atoms with E-state index in [4.69, 9.17) is 14.6 Å². The molecule has 0 spiro atoms. The summed E-state index contributed by atoms with van der Waals surface area (Å²) in [6.07, 6.45) is 0.402. The van der Waals surface area contributed by atoms with Gasteiger partial charge in [-0.1, -0.05) is 407 Å². The molecule has 0 saturated heterocycles. The molecule has 14 aromatic carbocycles. The quantitative estimate of drug-likeness (QED) is 0.0378. The third kappa shape index (κ3) is 24.7. The van der Waals surface area contributed by atoms with E-state index in [0.29, 0.717) is 11.5 Å². The largest absolute Gasteiger partial charge is 0.497 e. The average molecular weight is 1580 g/mol. The molecule has 1 unspecified atom stereocenters. The molecular formula is C96H88N2O5P4Pd. The van der Waals surface area contributed by atoms with E-state index in [-0.39, 0.29) is 45.8 Å². The zero-order valence-electron chi connectivity index (χ0n) is 60.6. The van der Waals surface area contributed by atoms with Gasteiger partial charge in [0.2, 0.25) is 5.91 Å². The van der Waals surface area contributed by atoms with E-state index in [0.717, 1.165) is 16.7 Å². The number of benzene rings is 14. The molecule has 12 heteroatoms. The van der Waals surface area contributed by atoms with Gasteiger partial charge in [0.25, 0.3) is 0 Å². The maximum absolute atomic E-state index is 13.3. The van der Waals surface area contributed by atoms with Gasteiger partial charge in [0, 0.05) is 45.1 Å². The molecular weight excluding hydrogens is 1490 g/mol. The van der Waals surface area contributed by atoms with Crippen LogP contribution in [0.4, 0.5) is 4.79 Å². The Morgan fingerprint density at radius 3 is 0.806 bits per heavy atom. The number of amides is 2. The molecule has 0 aliphatic rings. The second-order valence-corrected chi connectivity index (χ2v) is 33.1. The fourth-order valence-corrected chi connectivity index (χ4v) is 21.1. The van der Waals surface area contributed by atoms with Gasteiger partial charge in [-0.15, -0.1) is 6.58 Å². The zero-order chi connectivity index (χ0) is 74.5. The van der Waals surface area contributed by atoms with E-state index in [1.807, 2.05) is 36.4 Å². The van der Waals surface area contributed by atoms with E-state index in [2.05, 4.69) is 382 Å². The van der Waals surface area contributed by atoms with E-state index in [9.17, 15) is 9.59 Å². The second kappa shape index (κ2) is 45.1. The number of nitrogens with zero attached hydrogens (tertiary/aromatic N) is 1. The Hall–Kier alpha value is -10.7. The van der Waals surface area contributed by atoms with Crippen molar-refractivity contribution in [3.63, 3.8) is 0 Å². The van der Waals surface area contributed by atoms with Crippen molar-refractivity contribution in [1.82, 2.24) is 10.2 Å². The van der Waals surface area contributed by atoms with Crippen LogP contribution in [0.5, 0.6) is 11.5 Å². The Balaban J connectivity index is 0.000000158. The van der Waals surface area contributed by atoms with Crippen LogP contribution >= 0.6 is 31.7 Å². The summed E-state index contributed by atoms with van der Waals surface area (Å²) in [6.45, 7) is 8.17. The Bertz CT molecular complexity index is 4020. The number of carbonyl (C=O) groups is 2. The third-order valence-corrected chi connectivity index (χ3v) is 26.7.